The molecular weight excluding hydrogens is 448 g/mol. The van der Waals surface area contributed by atoms with Crippen LogP contribution >= 0.6 is 22.9 Å². The van der Waals surface area contributed by atoms with Crippen LogP contribution in [0.2, 0.25) is 5.02 Å². The number of nitrogens with zero attached hydrogens (tertiary/aromatic N) is 4. The number of rotatable bonds is 6. The normalized spacial score (nSPS) is 14.9. The fraction of sp³-hybridized carbons (Fsp3) is 0.273. The molecule has 3 heterocycles. The van der Waals surface area contributed by atoms with E-state index in [9.17, 15) is 9.59 Å². The lowest BCUT2D eigenvalue weighted by Crippen LogP contribution is -2.43. The van der Waals surface area contributed by atoms with Crippen LogP contribution in [0.4, 0.5) is 5.00 Å². The lowest BCUT2D eigenvalue weighted by Gasteiger charge is -2.32. The van der Waals surface area contributed by atoms with Crippen molar-refractivity contribution in [2.24, 2.45) is 5.73 Å². The highest BCUT2D eigenvalue weighted by Crippen LogP contribution is 2.35. The number of carbonyl (C=O) groups is 2. The van der Waals surface area contributed by atoms with Gasteiger partial charge in [-0.25, -0.2) is 4.98 Å². The number of primary amides is 1. The Morgan fingerprint density at radius 3 is 2.53 bits per heavy atom. The average Bonchev–Trinajstić information content (AvgIpc) is 3.20. The maximum atomic E-state index is 12.8. The molecule has 0 unspecified atom stereocenters. The number of nitrogens with two attached hydrogens (primary N) is 1. The molecule has 1 aliphatic rings. The van der Waals surface area contributed by atoms with E-state index in [0.29, 0.717) is 21.2 Å². The standard InChI is InChI=1S/C22H23ClN6O2S/c1-28-8-10-29(11-9-28)13-14-2-4-15(5-3-14)20(31)27-22-18(19(24)30)26-21(32-22)16-6-7-25-12-17(16)23/h2-7,12H,8-11,13H2,1H3,(H2,24,30)(H,27,31). The van der Waals surface area contributed by atoms with Crippen molar-refractivity contribution in [3.05, 3.63) is 64.6 Å². The highest BCUT2D eigenvalue weighted by molar-refractivity contribution is 7.19. The van der Waals surface area contributed by atoms with E-state index in [1.54, 1.807) is 24.4 Å². The van der Waals surface area contributed by atoms with Crippen molar-refractivity contribution in [3.8, 4) is 10.6 Å². The summed E-state index contributed by atoms with van der Waals surface area (Å²) in [5.74, 6) is -1.06. The van der Waals surface area contributed by atoms with E-state index in [-0.39, 0.29) is 16.6 Å². The minimum Gasteiger partial charge on any atom is -0.364 e. The molecule has 0 spiro atoms. The van der Waals surface area contributed by atoms with Crippen LogP contribution in [0, 0.1) is 0 Å². The van der Waals surface area contributed by atoms with Gasteiger partial charge in [-0.1, -0.05) is 35.1 Å². The maximum Gasteiger partial charge on any atom is 0.270 e. The molecule has 3 N–H and O–H groups in total. The van der Waals surface area contributed by atoms with Gasteiger partial charge in [0.1, 0.15) is 10.0 Å². The summed E-state index contributed by atoms with van der Waals surface area (Å²) < 4.78 is 0. The quantitative estimate of drug-likeness (QED) is 0.574. The molecule has 2 aromatic heterocycles. The van der Waals surface area contributed by atoms with Gasteiger partial charge in [0.15, 0.2) is 5.69 Å². The number of thiazole rings is 1. The molecule has 10 heteroatoms. The first-order valence-electron chi connectivity index (χ1n) is 10.1. The molecule has 0 aliphatic carbocycles. The van der Waals surface area contributed by atoms with Crippen molar-refractivity contribution in [3.63, 3.8) is 0 Å². The lowest BCUT2D eigenvalue weighted by molar-refractivity contribution is 0.0997. The minimum atomic E-state index is -0.726. The summed E-state index contributed by atoms with van der Waals surface area (Å²) in [4.78, 5) is 37.6. The Kier molecular flexibility index (Phi) is 6.80. The van der Waals surface area contributed by atoms with Crippen LogP contribution in [0.3, 0.4) is 0 Å². The molecule has 4 rings (SSSR count). The Labute approximate surface area is 195 Å². The molecule has 0 atom stereocenters. The second kappa shape index (κ2) is 9.74. The summed E-state index contributed by atoms with van der Waals surface area (Å²) in [6.45, 7) is 5.04. The van der Waals surface area contributed by atoms with Crippen molar-refractivity contribution < 1.29 is 9.59 Å². The molecule has 0 bridgehead atoms. The number of piperazine rings is 1. The first-order valence-corrected chi connectivity index (χ1v) is 11.3. The Morgan fingerprint density at radius 1 is 1.16 bits per heavy atom. The van der Waals surface area contributed by atoms with Crippen LogP contribution in [-0.2, 0) is 6.54 Å². The van der Waals surface area contributed by atoms with E-state index in [2.05, 4.69) is 32.1 Å². The minimum absolute atomic E-state index is 0.00193. The van der Waals surface area contributed by atoms with Crippen molar-refractivity contribution in [2.45, 2.75) is 6.54 Å². The maximum absolute atomic E-state index is 12.8. The Bertz CT molecular complexity index is 1130. The molecule has 1 aliphatic heterocycles. The third-order valence-corrected chi connectivity index (χ3v) is 6.61. The number of anilines is 1. The number of hydrogen-bond acceptors (Lipinski definition) is 7. The van der Waals surface area contributed by atoms with Gasteiger partial charge >= 0.3 is 0 Å². The van der Waals surface area contributed by atoms with E-state index in [0.717, 1.165) is 49.6 Å². The van der Waals surface area contributed by atoms with Crippen molar-refractivity contribution in [1.29, 1.82) is 0 Å². The third-order valence-electron chi connectivity index (χ3n) is 5.31. The number of pyridine rings is 1. The molecule has 2 amide bonds. The zero-order chi connectivity index (χ0) is 22.7. The van der Waals surface area contributed by atoms with Gasteiger partial charge in [-0.15, -0.1) is 0 Å². The second-order valence-corrected chi connectivity index (χ2v) is 9.05. The monoisotopic (exact) mass is 470 g/mol. The number of benzene rings is 1. The molecule has 1 aromatic carbocycles. The van der Waals surface area contributed by atoms with Crippen LogP contribution in [0.1, 0.15) is 26.4 Å². The smallest absolute Gasteiger partial charge is 0.270 e. The van der Waals surface area contributed by atoms with Gasteiger partial charge in [-0.3, -0.25) is 19.5 Å². The number of carbonyl (C=O) groups excluding carboxylic acids is 2. The van der Waals surface area contributed by atoms with Crippen molar-refractivity contribution in [1.82, 2.24) is 19.8 Å². The first-order chi connectivity index (χ1) is 15.4. The molecule has 166 valence electrons. The van der Waals surface area contributed by atoms with Crippen LogP contribution < -0.4 is 11.1 Å². The largest absolute Gasteiger partial charge is 0.364 e. The molecule has 1 fully saturated rings. The van der Waals surface area contributed by atoms with E-state index in [4.69, 9.17) is 17.3 Å². The highest BCUT2D eigenvalue weighted by atomic mass is 35.5. The molecule has 32 heavy (non-hydrogen) atoms. The first kappa shape index (κ1) is 22.3. The molecule has 1 saturated heterocycles. The predicted molar refractivity (Wildman–Crippen MR) is 126 cm³/mol. The van der Waals surface area contributed by atoms with Crippen molar-refractivity contribution in [2.75, 3.05) is 38.5 Å². The Hall–Kier alpha value is -2.85. The van der Waals surface area contributed by atoms with E-state index < -0.39 is 5.91 Å². The van der Waals surface area contributed by atoms with Gasteiger partial charge in [0.05, 0.1) is 5.02 Å². The van der Waals surface area contributed by atoms with Gasteiger partial charge in [0.25, 0.3) is 11.8 Å². The third kappa shape index (κ3) is 5.13. The van der Waals surface area contributed by atoms with Crippen LogP contribution in [0.25, 0.3) is 10.6 Å². The predicted octanol–water partition coefficient (Wildman–Crippen LogP) is 2.96. The van der Waals surface area contributed by atoms with Crippen LogP contribution in [-0.4, -0.2) is 64.8 Å². The Balaban J connectivity index is 1.47. The van der Waals surface area contributed by atoms with Crippen LogP contribution in [0.15, 0.2) is 42.7 Å². The number of likely N-dealkylation sites (N-methyl/N-ethyl adjacent to an activating group) is 1. The van der Waals surface area contributed by atoms with E-state index >= 15 is 0 Å². The molecule has 3 aromatic rings. The molecule has 8 nitrogen and oxygen atoms in total. The Morgan fingerprint density at radius 2 is 1.88 bits per heavy atom. The van der Waals surface area contributed by atoms with Gasteiger partial charge in [-0.05, 0) is 30.8 Å². The fourth-order valence-corrected chi connectivity index (χ4v) is 4.71. The highest BCUT2D eigenvalue weighted by Gasteiger charge is 2.21. The summed E-state index contributed by atoms with van der Waals surface area (Å²) in [5.41, 5.74) is 7.72. The number of halogens is 1. The van der Waals surface area contributed by atoms with Gasteiger partial charge < -0.3 is 16.0 Å². The number of nitrogens with one attached hydrogen (secondary N) is 1. The second-order valence-electron chi connectivity index (χ2n) is 7.65. The molecule has 0 saturated carbocycles. The van der Waals surface area contributed by atoms with E-state index in [1.807, 2.05) is 12.1 Å². The van der Waals surface area contributed by atoms with Gasteiger partial charge in [-0.2, -0.15) is 0 Å². The van der Waals surface area contributed by atoms with Crippen molar-refractivity contribution >= 4 is 39.8 Å². The SMILES string of the molecule is CN1CCN(Cc2ccc(C(=O)Nc3sc(-c4ccncc4Cl)nc3C(N)=O)cc2)CC1. The molecule has 0 radical (unpaired) electrons. The van der Waals surface area contributed by atoms with Gasteiger partial charge in [0.2, 0.25) is 0 Å². The summed E-state index contributed by atoms with van der Waals surface area (Å²) in [5, 5.41) is 3.92. The summed E-state index contributed by atoms with van der Waals surface area (Å²) in [6, 6.07) is 9.17. The average molecular weight is 471 g/mol. The fourth-order valence-electron chi connectivity index (χ4n) is 3.44. The van der Waals surface area contributed by atoms with E-state index in [1.165, 1.54) is 6.20 Å². The number of amides is 2. The number of aromatic nitrogens is 2. The lowest BCUT2D eigenvalue weighted by atomic mass is 10.1. The number of hydrogen-bond donors (Lipinski definition) is 2. The zero-order valence-electron chi connectivity index (χ0n) is 17.5. The summed E-state index contributed by atoms with van der Waals surface area (Å²) >= 11 is 7.33. The zero-order valence-corrected chi connectivity index (χ0v) is 19.1. The summed E-state index contributed by atoms with van der Waals surface area (Å²) in [7, 11) is 2.13. The van der Waals surface area contributed by atoms with Gasteiger partial charge in [0, 0.05) is 56.2 Å². The summed E-state index contributed by atoms with van der Waals surface area (Å²) in [6.07, 6.45) is 3.07. The molecular formula is C22H23ClN6O2S. The topological polar surface area (TPSA) is 104 Å². The van der Waals surface area contributed by atoms with Crippen LogP contribution in [0.5, 0.6) is 0 Å².